The number of nitrogens with zero attached hydrogens (tertiary/aromatic N) is 1. The van der Waals surface area contributed by atoms with Crippen molar-refractivity contribution in [2.24, 2.45) is 29.6 Å². The summed E-state index contributed by atoms with van der Waals surface area (Å²) >= 11 is 2.85. The maximum Gasteiger partial charge on any atom is 0.305 e. The molecule has 2 aromatic rings. The fourth-order valence-electron chi connectivity index (χ4n) is 6.78. The molecule has 33 heavy (non-hydrogen) atoms. The van der Waals surface area contributed by atoms with E-state index in [0.717, 1.165) is 27.6 Å². The average molecular weight is 487 g/mol. The first-order chi connectivity index (χ1) is 15.9. The fraction of sp³-hybridized carbons (Fsp3) is 0.478. The highest BCUT2D eigenvalue weighted by Gasteiger charge is 2.69. The lowest BCUT2D eigenvalue weighted by molar-refractivity contribution is -0.142. The van der Waals surface area contributed by atoms with Gasteiger partial charge in [0.15, 0.2) is 0 Å². The lowest BCUT2D eigenvalue weighted by Gasteiger charge is -2.43. The van der Waals surface area contributed by atoms with E-state index in [4.69, 9.17) is 9.84 Å². The van der Waals surface area contributed by atoms with Gasteiger partial charge in [0, 0.05) is 28.2 Å². The summed E-state index contributed by atoms with van der Waals surface area (Å²) in [4.78, 5) is 54.9. The predicted molar refractivity (Wildman–Crippen MR) is 120 cm³/mol. The van der Waals surface area contributed by atoms with E-state index in [9.17, 15) is 19.2 Å². The van der Waals surface area contributed by atoms with Gasteiger partial charge in [-0.05, 0) is 30.2 Å². The summed E-state index contributed by atoms with van der Waals surface area (Å²) in [7, 11) is 1.63. The molecular formula is C23H22N2O6S2. The van der Waals surface area contributed by atoms with Crippen molar-refractivity contribution < 1.29 is 24.2 Å². The molecule has 1 aromatic heterocycles. The van der Waals surface area contributed by atoms with Gasteiger partial charge in [-0.2, -0.15) is 0 Å². The third kappa shape index (κ3) is 2.89. The van der Waals surface area contributed by atoms with Crippen LogP contribution >= 0.6 is 23.1 Å². The highest BCUT2D eigenvalue weighted by Crippen LogP contribution is 2.68. The first kappa shape index (κ1) is 21.0. The Labute approximate surface area is 197 Å². The van der Waals surface area contributed by atoms with E-state index in [-0.39, 0.29) is 58.6 Å². The second kappa shape index (κ2) is 7.46. The molecule has 0 spiro atoms. The topological polar surface area (TPSA) is 117 Å². The minimum absolute atomic E-state index is 0.00374. The van der Waals surface area contributed by atoms with Crippen LogP contribution in [-0.2, 0) is 14.4 Å². The number of carbonyl (C=O) groups is 3. The number of carbonyl (C=O) groups excluding carboxylic acids is 2. The number of imide groups is 1. The summed E-state index contributed by atoms with van der Waals surface area (Å²) in [6.07, 6.45) is 0.558. The van der Waals surface area contributed by atoms with Gasteiger partial charge in [0.25, 0.3) is 0 Å². The Balaban J connectivity index is 1.43. The smallest absolute Gasteiger partial charge is 0.305 e. The van der Waals surface area contributed by atoms with Gasteiger partial charge >= 0.3 is 10.8 Å². The van der Waals surface area contributed by atoms with Crippen LogP contribution in [0.15, 0.2) is 34.1 Å². The van der Waals surface area contributed by atoms with Crippen molar-refractivity contribution in [2.45, 2.75) is 29.0 Å². The normalized spacial score (nSPS) is 33.7. The third-order valence-corrected chi connectivity index (χ3v) is 10.4. The number of fused-ring (bicyclic) bond motifs is 9. The number of para-hydroxylation sites is 1. The first-order valence-corrected chi connectivity index (χ1v) is 12.7. The first-order valence-electron chi connectivity index (χ1n) is 11.0. The van der Waals surface area contributed by atoms with Crippen LogP contribution in [0.25, 0.3) is 0 Å². The van der Waals surface area contributed by atoms with Gasteiger partial charge in [-0.15, -0.1) is 11.8 Å². The molecule has 0 radical (unpaired) electrons. The molecule has 172 valence electrons. The van der Waals surface area contributed by atoms with E-state index in [1.54, 1.807) is 18.9 Å². The van der Waals surface area contributed by atoms with Gasteiger partial charge in [0.1, 0.15) is 5.75 Å². The fourth-order valence-corrected chi connectivity index (χ4v) is 9.66. The average Bonchev–Trinajstić information content (AvgIpc) is 3.51. The molecule has 3 heterocycles. The van der Waals surface area contributed by atoms with Crippen molar-refractivity contribution >= 4 is 40.9 Å². The number of thioether (sulfide) groups is 1. The number of hydrogen-bond donors (Lipinski definition) is 2. The van der Waals surface area contributed by atoms with Gasteiger partial charge in [-0.25, -0.2) is 0 Å². The van der Waals surface area contributed by atoms with Gasteiger partial charge in [0.2, 0.25) is 11.8 Å². The van der Waals surface area contributed by atoms with Gasteiger partial charge in [0.05, 0.1) is 30.4 Å². The maximum atomic E-state index is 13.3. The molecule has 2 saturated carbocycles. The van der Waals surface area contributed by atoms with E-state index >= 15 is 0 Å². The number of rotatable bonds is 5. The molecule has 2 aliphatic carbocycles. The summed E-state index contributed by atoms with van der Waals surface area (Å²) in [5.41, 5.74) is 0.996. The van der Waals surface area contributed by atoms with Gasteiger partial charge < -0.3 is 14.8 Å². The molecule has 2 bridgehead atoms. The molecule has 2 N–H and O–H groups in total. The predicted octanol–water partition coefficient (Wildman–Crippen LogP) is 2.39. The molecule has 6 rings (SSSR count). The lowest BCUT2D eigenvalue weighted by atomic mass is 9.68. The zero-order valence-electron chi connectivity index (χ0n) is 17.7. The molecule has 1 saturated heterocycles. The van der Waals surface area contributed by atoms with Crippen LogP contribution in [0.5, 0.6) is 5.75 Å². The van der Waals surface area contributed by atoms with E-state index < -0.39 is 17.8 Å². The number of methoxy groups -OCH3 is 1. The Bertz CT molecular complexity index is 1240. The van der Waals surface area contributed by atoms with Crippen LogP contribution in [0, 0.1) is 29.6 Å². The summed E-state index contributed by atoms with van der Waals surface area (Å²) in [6, 6.07) is 7.80. The highest BCUT2D eigenvalue weighted by atomic mass is 32.2. The number of nitrogens with one attached hydrogen (secondary N) is 1. The molecule has 4 aliphatic rings. The number of aromatic nitrogens is 1. The van der Waals surface area contributed by atoms with Crippen LogP contribution in [-0.4, -0.2) is 51.7 Å². The SMILES string of the molecule is COc1ccccc1[C@@H]1c2sc(=O)[nH]c2S[C@H]2[C@@H]3C[C@H]([C@H]4C(=O)N(CCC(=O)O)C(=O)[C@H]34)[C@H]12. The minimum Gasteiger partial charge on any atom is -0.496 e. The number of H-pyrrole nitrogens is 1. The number of carboxylic acids is 1. The van der Waals surface area contributed by atoms with Crippen LogP contribution in [0.1, 0.15) is 29.2 Å². The minimum atomic E-state index is -1.02. The van der Waals surface area contributed by atoms with Crippen molar-refractivity contribution in [1.29, 1.82) is 0 Å². The summed E-state index contributed by atoms with van der Waals surface area (Å²) < 4.78 is 5.67. The number of hydrogen-bond acceptors (Lipinski definition) is 7. The lowest BCUT2D eigenvalue weighted by Crippen LogP contribution is -2.42. The molecule has 2 amide bonds. The standard InChI is InChI=1S/C23H22N2O6S2/c1-31-12-5-3-2-4-9(12)14-15-10-8-11(18(15)32-20-19(14)33-23(30)24-20)17-16(10)21(28)25(22(17)29)7-6-13(26)27/h2-5,10-11,14-18H,6-8H2,1H3,(H,24,30)(H,26,27)/t10-,11+,14-,15+,16+,17+,18-/m0/s1. The van der Waals surface area contributed by atoms with E-state index in [1.807, 2.05) is 24.3 Å². The number of benzene rings is 1. The monoisotopic (exact) mass is 486 g/mol. The molecule has 10 heteroatoms. The largest absolute Gasteiger partial charge is 0.496 e. The Morgan fingerprint density at radius 3 is 2.64 bits per heavy atom. The number of aliphatic carboxylic acids is 1. The Hall–Kier alpha value is -2.59. The highest BCUT2D eigenvalue weighted by molar-refractivity contribution is 8.00. The van der Waals surface area contributed by atoms with Gasteiger partial charge in [-0.1, -0.05) is 29.5 Å². The van der Waals surface area contributed by atoms with Crippen molar-refractivity contribution in [3.8, 4) is 5.75 Å². The number of amides is 2. The third-order valence-electron chi connectivity index (χ3n) is 7.84. The van der Waals surface area contributed by atoms with E-state index in [0.29, 0.717) is 0 Å². The van der Waals surface area contributed by atoms with Gasteiger partial charge in [-0.3, -0.25) is 24.1 Å². The van der Waals surface area contributed by atoms with Crippen molar-refractivity contribution in [3.05, 3.63) is 44.4 Å². The Morgan fingerprint density at radius 1 is 1.18 bits per heavy atom. The van der Waals surface area contributed by atoms with Crippen LogP contribution in [0.2, 0.25) is 0 Å². The van der Waals surface area contributed by atoms with E-state index in [2.05, 4.69) is 4.98 Å². The second-order valence-corrected chi connectivity index (χ2v) is 11.4. The van der Waals surface area contributed by atoms with Crippen molar-refractivity contribution in [3.63, 3.8) is 0 Å². The molecule has 3 fully saturated rings. The maximum absolute atomic E-state index is 13.3. The number of carboxylic acid groups (broad SMARTS) is 1. The van der Waals surface area contributed by atoms with Crippen LogP contribution < -0.4 is 9.61 Å². The molecule has 1 aromatic carbocycles. The molecule has 0 unspecified atom stereocenters. The van der Waals surface area contributed by atoms with Crippen molar-refractivity contribution in [2.75, 3.05) is 13.7 Å². The Kier molecular flexibility index (Phi) is 4.74. The molecule has 2 aliphatic heterocycles. The number of thiazole rings is 1. The van der Waals surface area contributed by atoms with Crippen LogP contribution in [0.4, 0.5) is 0 Å². The summed E-state index contributed by atoms with van der Waals surface area (Å²) in [6.45, 7) is -0.0709. The molecule has 8 nitrogen and oxygen atoms in total. The number of aromatic amines is 1. The zero-order valence-corrected chi connectivity index (χ0v) is 19.4. The van der Waals surface area contributed by atoms with Crippen molar-refractivity contribution in [1.82, 2.24) is 9.88 Å². The second-order valence-electron chi connectivity index (χ2n) is 9.17. The quantitative estimate of drug-likeness (QED) is 0.623. The Morgan fingerprint density at radius 2 is 1.91 bits per heavy atom. The summed E-state index contributed by atoms with van der Waals surface area (Å²) in [5, 5.41) is 10.0. The van der Waals surface area contributed by atoms with E-state index in [1.165, 1.54) is 16.2 Å². The molecular weight excluding hydrogens is 464 g/mol. The van der Waals surface area contributed by atoms with Crippen LogP contribution in [0.3, 0.4) is 0 Å². The summed E-state index contributed by atoms with van der Waals surface area (Å²) in [5.74, 6) is -1.51. The number of likely N-dealkylation sites (tertiary alicyclic amines) is 1. The molecule has 7 atom stereocenters. The zero-order chi connectivity index (χ0) is 23.0. The number of ether oxygens (including phenoxy) is 1.